The molecule has 9 atom stereocenters. The molecule has 0 aromatic carbocycles. The molecule has 0 aromatic rings. The highest BCUT2D eigenvalue weighted by Gasteiger charge is 2.69. The second-order valence-corrected chi connectivity index (χ2v) is 14.9. The van der Waals surface area contributed by atoms with Crippen LogP contribution in [0.15, 0.2) is 11.6 Å². The molecule has 4 fully saturated rings. The first-order valence-corrected chi connectivity index (χ1v) is 13.9. The minimum Gasteiger partial charge on any atom is -0.481 e. The molecule has 192 valence electrons. The van der Waals surface area contributed by atoms with Crippen molar-refractivity contribution in [2.24, 2.45) is 50.2 Å². The Balaban J connectivity index is 1.60. The van der Waals surface area contributed by atoms with Gasteiger partial charge in [-0.2, -0.15) is 0 Å². The second-order valence-electron chi connectivity index (χ2n) is 14.9. The zero-order valence-electron chi connectivity index (χ0n) is 22.4. The minimum absolute atomic E-state index is 0.0204. The van der Waals surface area contributed by atoms with E-state index in [4.69, 9.17) is 0 Å². The van der Waals surface area contributed by atoms with Crippen molar-refractivity contribution in [3.8, 4) is 0 Å². The molecule has 0 amide bonds. The summed E-state index contributed by atoms with van der Waals surface area (Å²) in [5.74, 6) is 0.395. The first-order valence-electron chi connectivity index (χ1n) is 13.9. The molecule has 0 aromatic heterocycles. The molecule has 0 radical (unpaired) electrons. The number of hydrogen-bond acceptors (Lipinski definition) is 3. The molecule has 0 aliphatic heterocycles. The van der Waals surface area contributed by atoms with Crippen molar-refractivity contribution in [1.82, 2.24) is 0 Å². The molecule has 4 nitrogen and oxygen atoms in total. The van der Waals surface area contributed by atoms with Gasteiger partial charge in [0.05, 0.1) is 18.1 Å². The molecular weight excluding hydrogens is 424 g/mol. The van der Waals surface area contributed by atoms with Gasteiger partial charge in [0.1, 0.15) is 0 Å². The van der Waals surface area contributed by atoms with Gasteiger partial charge < -0.3 is 15.3 Å². The maximum absolute atomic E-state index is 12.8. The number of aliphatic hydroxyl groups excluding tert-OH is 2. The third kappa shape index (κ3) is 2.88. The summed E-state index contributed by atoms with van der Waals surface area (Å²) in [5.41, 5.74) is 0.858. The number of aliphatic carboxylic acids is 1. The van der Waals surface area contributed by atoms with Crippen LogP contribution in [0.1, 0.15) is 106 Å². The van der Waals surface area contributed by atoms with Gasteiger partial charge in [0.2, 0.25) is 0 Å². The molecule has 0 bridgehead atoms. The Morgan fingerprint density at radius 2 is 1.62 bits per heavy atom. The molecule has 3 N–H and O–H groups in total. The molecule has 5 rings (SSSR count). The third-order valence-electron chi connectivity index (χ3n) is 13.2. The number of fused-ring (bicyclic) bond motifs is 7. The average molecular weight is 473 g/mol. The van der Waals surface area contributed by atoms with Gasteiger partial charge in [0.15, 0.2) is 0 Å². The van der Waals surface area contributed by atoms with E-state index < -0.39 is 22.9 Å². The summed E-state index contributed by atoms with van der Waals surface area (Å²) in [6.07, 6.45) is 11.6. The van der Waals surface area contributed by atoms with Gasteiger partial charge in [-0.1, -0.05) is 53.2 Å². The Kier molecular flexibility index (Phi) is 5.36. The van der Waals surface area contributed by atoms with Crippen molar-refractivity contribution in [1.29, 1.82) is 0 Å². The Bertz CT molecular complexity index is 907. The second kappa shape index (κ2) is 7.34. The third-order valence-corrected chi connectivity index (χ3v) is 13.2. The molecule has 0 spiro atoms. The number of aliphatic hydroxyl groups is 2. The van der Waals surface area contributed by atoms with Gasteiger partial charge in [-0.3, -0.25) is 4.79 Å². The van der Waals surface area contributed by atoms with Crippen molar-refractivity contribution in [2.75, 3.05) is 6.61 Å². The van der Waals surface area contributed by atoms with Gasteiger partial charge in [0, 0.05) is 5.41 Å². The predicted molar refractivity (Wildman–Crippen MR) is 134 cm³/mol. The predicted octanol–water partition coefficient (Wildman–Crippen LogP) is 6.21. The fraction of sp³-hybridized carbons (Fsp3) is 0.900. The maximum atomic E-state index is 12.8. The van der Waals surface area contributed by atoms with Gasteiger partial charge >= 0.3 is 5.97 Å². The van der Waals surface area contributed by atoms with Gasteiger partial charge in [0.25, 0.3) is 0 Å². The summed E-state index contributed by atoms with van der Waals surface area (Å²) < 4.78 is 0. The summed E-state index contributed by atoms with van der Waals surface area (Å²) in [5, 5.41) is 31.8. The van der Waals surface area contributed by atoms with Gasteiger partial charge in [-0.15, -0.1) is 0 Å². The molecule has 0 heterocycles. The molecule has 4 heteroatoms. The average Bonchev–Trinajstić information content (AvgIpc) is 2.76. The van der Waals surface area contributed by atoms with Crippen molar-refractivity contribution >= 4 is 5.97 Å². The Hall–Kier alpha value is -0.870. The lowest BCUT2D eigenvalue weighted by atomic mass is 9.33. The highest BCUT2D eigenvalue weighted by atomic mass is 16.4. The minimum atomic E-state index is -0.588. The lowest BCUT2D eigenvalue weighted by Crippen LogP contribution is -2.65. The van der Waals surface area contributed by atoms with E-state index in [1.54, 1.807) is 0 Å². The van der Waals surface area contributed by atoms with E-state index in [0.29, 0.717) is 11.8 Å². The van der Waals surface area contributed by atoms with E-state index in [0.717, 1.165) is 64.2 Å². The van der Waals surface area contributed by atoms with Gasteiger partial charge in [-0.05, 0) is 104 Å². The van der Waals surface area contributed by atoms with Crippen molar-refractivity contribution in [3.05, 3.63) is 11.6 Å². The highest BCUT2D eigenvalue weighted by Crippen LogP contribution is 2.75. The largest absolute Gasteiger partial charge is 0.481 e. The van der Waals surface area contributed by atoms with Crippen LogP contribution in [0, 0.1) is 50.2 Å². The van der Waals surface area contributed by atoms with Crippen LogP contribution in [0.25, 0.3) is 0 Å². The number of carboxylic acid groups (broad SMARTS) is 1. The standard InChI is InChI=1S/C30H48O4/c1-25(2)13-15-30(24(33)34)16-14-28(5)19(20(30)17-25)7-8-22-26(3)11-10-23(32)27(4,18-31)21(26)9-12-29(22,28)6/h7,20-23,31-32H,8-18H2,1-6H3,(H,33,34)/t20-,21+,22-,23+,26+,27+,28-,29-,30+/m1/s1. The van der Waals surface area contributed by atoms with Crippen LogP contribution >= 0.6 is 0 Å². The molecule has 5 aliphatic carbocycles. The topological polar surface area (TPSA) is 77.8 Å². The van der Waals surface area contributed by atoms with Crippen molar-refractivity contribution < 1.29 is 20.1 Å². The quantitative estimate of drug-likeness (QED) is 0.418. The van der Waals surface area contributed by atoms with Crippen LogP contribution in [-0.4, -0.2) is 34.0 Å². The van der Waals surface area contributed by atoms with E-state index in [1.807, 2.05) is 0 Å². The Morgan fingerprint density at radius 3 is 2.26 bits per heavy atom. The summed E-state index contributed by atoms with van der Waals surface area (Å²) >= 11 is 0. The number of hydrogen-bond donors (Lipinski definition) is 3. The van der Waals surface area contributed by atoms with Crippen LogP contribution in [0.4, 0.5) is 0 Å². The maximum Gasteiger partial charge on any atom is 0.310 e. The molecule has 0 saturated heterocycles. The number of allylic oxidation sites excluding steroid dienone is 2. The van der Waals surface area contributed by atoms with Crippen LogP contribution in [-0.2, 0) is 4.79 Å². The molecule has 4 saturated carbocycles. The smallest absolute Gasteiger partial charge is 0.310 e. The van der Waals surface area contributed by atoms with E-state index in [2.05, 4.69) is 47.6 Å². The van der Waals surface area contributed by atoms with E-state index in [1.165, 1.54) is 5.57 Å². The molecule has 5 aliphatic rings. The zero-order valence-corrected chi connectivity index (χ0v) is 22.4. The van der Waals surface area contributed by atoms with Crippen LogP contribution in [0.3, 0.4) is 0 Å². The number of carboxylic acids is 1. The first kappa shape index (κ1) is 24.8. The monoisotopic (exact) mass is 472 g/mol. The lowest BCUT2D eigenvalue weighted by molar-refractivity contribution is -0.216. The fourth-order valence-corrected chi connectivity index (χ4v) is 10.7. The van der Waals surface area contributed by atoms with Gasteiger partial charge in [-0.25, -0.2) is 0 Å². The zero-order chi connectivity index (χ0) is 24.9. The molecule has 0 unspecified atom stereocenters. The number of rotatable bonds is 2. The Labute approximate surface area is 206 Å². The summed E-state index contributed by atoms with van der Waals surface area (Å²) in [4.78, 5) is 12.8. The first-order chi connectivity index (χ1) is 15.7. The van der Waals surface area contributed by atoms with Crippen LogP contribution in [0.2, 0.25) is 0 Å². The highest BCUT2D eigenvalue weighted by molar-refractivity contribution is 5.76. The van der Waals surface area contributed by atoms with Crippen LogP contribution < -0.4 is 0 Å². The molecular formula is C30H48O4. The summed E-state index contributed by atoms with van der Waals surface area (Å²) in [6.45, 7) is 14.3. The summed E-state index contributed by atoms with van der Waals surface area (Å²) in [7, 11) is 0. The van der Waals surface area contributed by atoms with Crippen molar-refractivity contribution in [2.45, 2.75) is 112 Å². The van der Waals surface area contributed by atoms with E-state index >= 15 is 0 Å². The van der Waals surface area contributed by atoms with E-state index in [-0.39, 0.29) is 34.2 Å². The van der Waals surface area contributed by atoms with Crippen molar-refractivity contribution in [3.63, 3.8) is 0 Å². The number of carbonyl (C=O) groups is 1. The normalized spacial score (nSPS) is 54.1. The SMILES string of the molecule is CC1(C)CC[C@]2(C(=O)O)CC[C@]3(C)C(=CC[C@@H]4[C@@]5(C)CC[C@H](O)[C@@](C)(CO)[C@H]5CC[C@]43C)[C@H]2C1. The van der Waals surface area contributed by atoms with E-state index in [9.17, 15) is 20.1 Å². The van der Waals surface area contributed by atoms with Crippen LogP contribution in [0.5, 0.6) is 0 Å². The summed E-state index contributed by atoms with van der Waals surface area (Å²) in [6, 6.07) is 0. The molecule has 34 heavy (non-hydrogen) atoms. The lowest BCUT2D eigenvalue weighted by Gasteiger charge is -2.71. The fourth-order valence-electron chi connectivity index (χ4n) is 10.7. The Morgan fingerprint density at radius 1 is 0.941 bits per heavy atom.